The highest BCUT2D eigenvalue weighted by Gasteiger charge is 2.43. The summed E-state index contributed by atoms with van der Waals surface area (Å²) in [5.74, 6) is 0.936. The molecule has 0 aromatic heterocycles. The summed E-state index contributed by atoms with van der Waals surface area (Å²) in [6, 6.07) is 9.84. The first-order valence-corrected chi connectivity index (χ1v) is 9.57. The number of halogens is 1. The van der Waals surface area contributed by atoms with Gasteiger partial charge in [0.1, 0.15) is 0 Å². The smallest absolute Gasteiger partial charge is 0.233 e. The molecule has 4 rings (SSSR count). The molecule has 1 aromatic carbocycles. The molecule has 3 atom stereocenters. The second-order valence-corrected chi connectivity index (χ2v) is 7.45. The first-order valence-electron chi connectivity index (χ1n) is 8.45. The van der Waals surface area contributed by atoms with E-state index in [2.05, 4.69) is 50.0 Å². The van der Waals surface area contributed by atoms with Crippen LogP contribution < -0.4 is 0 Å². The van der Waals surface area contributed by atoms with Gasteiger partial charge in [-0.15, -0.1) is 0 Å². The topological polar surface area (TPSA) is 23.6 Å². The van der Waals surface area contributed by atoms with Gasteiger partial charge in [-0.1, -0.05) is 40.2 Å². The number of carbonyl (C=O) groups excluding carboxylic acids is 1. The molecule has 4 heteroatoms. The Morgan fingerprint density at radius 2 is 2.14 bits per heavy atom. The molecule has 3 nitrogen and oxygen atoms in total. The van der Waals surface area contributed by atoms with Crippen molar-refractivity contribution in [2.45, 2.75) is 37.8 Å². The van der Waals surface area contributed by atoms with E-state index in [1.807, 2.05) is 0 Å². The number of alkyl halides is 1. The second kappa shape index (κ2) is 5.97. The number of hydrogen-bond acceptors (Lipinski definition) is 2. The molecule has 3 unspecified atom stereocenters. The van der Waals surface area contributed by atoms with E-state index in [0.717, 1.165) is 25.9 Å². The van der Waals surface area contributed by atoms with E-state index in [9.17, 15) is 4.79 Å². The Morgan fingerprint density at radius 3 is 3.00 bits per heavy atom. The van der Waals surface area contributed by atoms with Crippen LogP contribution in [0.5, 0.6) is 0 Å². The third kappa shape index (κ3) is 2.41. The fourth-order valence-corrected chi connectivity index (χ4v) is 5.11. The van der Waals surface area contributed by atoms with Gasteiger partial charge in [0.25, 0.3) is 0 Å². The van der Waals surface area contributed by atoms with E-state index in [1.54, 1.807) is 0 Å². The molecular weight excluding hydrogens is 340 g/mol. The number of fused-ring (bicyclic) bond motifs is 4. The maximum absolute atomic E-state index is 12.3. The van der Waals surface area contributed by atoms with Gasteiger partial charge in [0, 0.05) is 31.7 Å². The van der Waals surface area contributed by atoms with Crippen molar-refractivity contribution in [1.29, 1.82) is 0 Å². The van der Waals surface area contributed by atoms with Crippen LogP contribution in [-0.2, 0) is 11.2 Å². The van der Waals surface area contributed by atoms with Crippen LogP contribution in [0.25, 0.3) is 0 Å². The van der Waals surface area contributed by atoms with E-state index < -0.39 is 0 Å². The van der Waals surface area contributed by atoms with Crippen molar-refractivity contribution in [3.8, 4) is 0 Å². The minimum atomic E-state index is 0.271. The van der Waals surface area contributed by atoms with Gasteiger partial charge in [-0.05, 0) is 42.7 Å². The lowest BCUT2D eigenvalue weighted by Crippen LogP contribution is -2.57. The molecule has 1 amide bonds. The zero-order valence-corrected chi connectivity index (χ0v) is 14.5. The number of nitrogens with zero attached hydrogens (tertiary/aromatic N) is 2. The molecule has 0 aliphatic carbocycles. The Labute approximate surface area is 140 Å². The van der Waals surface area contributed by atoms with Crippen LogP contribution in [0.3, 0.4) is 0 Å². The average molecular weight is 363 g/mol. The van der Waals surface area contributed by atoms with Crippen molar-refractivity contribution >= 4 is 21.8 Å². The summed E-state index contributed by atoms with van der Waals surface area (Å²) in [7, 11) is 0. The van der Waals surface area contributed by atoms with Gasteiger partial charge in [-0.25, -0.2) is 0 Å². The number of amides is 1. The van der Waals surface area contributed by atoms with Gasteiger partial charge in [0.15, 0.2) is 0 Å². The minimum absolute atomic E-state index is 0.271. The molecule has 0 N–H and O–H groups in total. The molecule has 0 spiro atoms. The lowest BCUT2D eigenvalue weighted by atomic mass is 9.76. The monoisotopic (exact) mass is 362 g/mol. The molecule has 3 aliphatic heterocycles. The first kappa shape index (κ1) is 14.7. The van der Waals surface area contributed by atoms with Crippen LogP contribution >= 0.6 is 15.9 Å². The van der Waals surface area contributed by atoms with Crippen LogP contribution in [0, 0.1) is 5.92 Å². The maximum atomic E-state index is 12.3. The number of likely N-dealkylation sites (tertiary alicyclic amines) is 1. The molecule has 1 aromatic rings. The molecule has 3 aliphatic rings. The number of hydrogen-bond donors (Lipinski definition) is 0. The molecule has 3 heterocycles. The summed E-state index contributed by atoms with van der Waals surface area (Å²) in [5.41, 5.74) is 3.01. The summed E-state index contributed by atoms with van der Waals surface area (Å²) in [6.45, 7) is 3.28. The van der Waals surface area contributed by atoms with Crippen molar-refractivity contribution in [2.75, 3.05) is 25.0 Å². The summed E-state index contributed by atoms with van der Waals surface area (Å²) in [4.78, 5) is 17.1. The fraction of sp³-hybridized carbons (Fsp3) is 0.611. The molecule has 22 heavy (non-hydrogen) atoms. The van der Waals surface area contributed by atoms with Crippen molar-refractivity contribution < 1.29 is 4.79 Å². The number of piperidine rings is 2. The number of benzene rings is 1. The molecule has 2 fully saturated rings. The van der Waals surface area contributed by atoms with E-state index in [1.165, 1.54) is 30.5 Å². The third-order valence-corrected chi connectivity index (χ3v) is 6.29. The maximum Gasteiger partial charge on any atom is 0.233 e. The van der Waals surface area contributed by atoms with Crippen molar-refractivity contribution in [3.05, 3.63) is 35.4 Å². The van der Waals surface area contributed by atoms with Crippen LogP contribution in [0.4, 0.5) is 0 Å². The fourth-order valence-electron chi connectivity index (χ4n) is 4.78. The number of carbonyl (C=O) groups is 1. The zero-order chi connectivity index (χ0) is 15.1. The molecule has 118 valence electrons. The van der Waals surface area contributed by atoms with Crippen LogP contribution in [-0.4, -0.2) is 46.7 Å². The standard InChI is InChI=1S/C18H23BrN2O/c19-11-18(22)21-8-3-5-14-12-20-9-7-13-4-1-2-6-15(13)17(20)10-16(14)21/h1-2,4,6,14,16-17H,3,5,7-12H2. The second-order valence-electron chi connectivity index (χ2n) is 6.89. The van der Waals surface area contributed by atoms with Gasteiger partial charge in [0.05, 0.1) is 5.33 Å². The Morgan fingerprint density at radius 1 is 1.27 bits per heavy atom. The van der Waals surface area contributed by atoms with Crippen molar-refractivity contribution in [1.82, 2.24) is 9.80 Å². The quantitative estimate of drug-likeness (QED) is 0.717. The van der Waals surface area contributed by atoms with Gasteiger partial charge < -0.3 is 4.90 Å². The predicted molar refractivity (Wildman–Crippen MR) is 91.1 cm³/mol. The first-order chi connectivity index (χ1) is 10.8. The van der Waals surface area contributed by atoms with Gasteiger partial charge in [-0.2, -0.15) is 0 Å². The van der Waals surface area contributed by atoms with Crippen LogP contribution in [0.2, 0.25) is 0 Å². The third-order valence-electron chi connectivity index (χ3n) is 5.81. The zero-order valence-electron chi connectivity index (χ0n) is 12.9. The lowest BCUT2D eigenvalue weighted by molar-refractivity contribution is -0.136. The average Bonchev–Trinajstić information content (AvgIpc) is 2.58. The van der Waals surface area contributed by atoms with Crippen molar-refractivity contribution in [3.63, 3.8) is 0 Å². The largest absolute Gasteiger partial charge is 0.339 e. The normalized spacial score (nSPS) is 31.1. The molecule has 0 saturated carbocycles. The van der Waals surface area contributed by atoms with E-state index in [0.29, 0.717) is 23.3 Å². The summed E-state index contributed by atoms with van der Waals surface area (Å²) >= 11 is 3.36. The summed E-state index contributed by atoms with van der Waals surface area (Å²) in [6.07, 6.45) is 4.73. The minimum Gasteiger partial charge on any atom is -0.339 e. The van der Waals surface area contributed by atoms with E-state index in [4.69, 9.17) is 0 Å². The predicted octanol–water partition coefficient (Wildman–Crippen LogP) is 2.99. The highest BCUT2D eigenvalue weighted by Crippen LogP contribution is 2.42. The molecule has 0 radical (unpaired) electrons. The Kier molecular flexibility index (Phi) is 3.99. The summed E-state index contributed by atoms with van der Waals surface area (Å²) < 4.78 is 0. The van der Waals surface area contributed by atoms with Crippen LogP contribution in [0.1, 0.15) is 36.4 Å². The molecular formula is C18H23BrN2O. The van der Waals surface area contributed by atoms with Gasteiger partial charge in [0.2, 0.25) is 5.91 Å². The highest BCUT2D eigenvalue weighted by atomic mass is 79.9. The molecule has 2 saturated heterocycles. The van der Waals surface area contributed by atoms with E-state index >= 15 is 0 Å². The Hall–Kier alpha value is -0.870. The van der Waals surface area contributed by atoms with Crippen LogP contribution in [0.15, 0.2) is 24.3 Å². The van der Waals surface area contributed by atoms with E-state index in [-0.39, 0.29) is 5.91 Å². The number of rotatable bonds is 1. The summed E-state index contributed by atoms with van der Waals surface area (Å²) in [5, 5.41) is 0.460. The highest BCUT2D eigenvalue weighted by molar-refractivity contribution is 9.09. The van der Waals surface area contributed by atoms with Gasteiger partial charge in [-0.3, -0.25) is 9.69 Å². The Bertz CT molecular complexity index is 576. The SMILES string of the molecule is O=C(CBr)N1CCCC2CN3CCc4ccccc4C3CC21. The Balaban J connectivity index is 1.63. The molecule has 0 bridgehead atoms. The van der Waals surface area contributed by atoms with Gasteiger partial charge >= 0.3 is 0 Å². The van der Waals surface area contributed by atoms with Crippen molar-refractivity contribution in [2.24, 2.45) is 5.92 Å². The lowest BCUT2D eigenvalue weighted by Gasteiger charge is -2.52.